The maximum absolute atomic E-state index is 11.6. The Morgan fingerprint density at radius 1 is 1.36 bits per heavy atom. The highest BCUT2D eigenvalue weighted by molar-refractivity contribution is 5.89. The summed E-state index contributed by atoms with van der Waals surface area (Å²) in [6.07, 6.45) is 4.76. The Morgan fingerprint density at radius 2 is 1.93 bits per heavy atom. The van der Waals surface area contributed by atoms with Gasteiger partial charge in [-0.05, 0) is 19.8 Å². The molecule has 0 spiro atoms. The molecule has 1 unspecified atom stereocenters. The molecule has 1 amide bonds. The molecule has 1 rings (SSSR count). The first-order valence-corrected chi connectivity index (χ1v) is 5.48. The number of hydrogen-bond acceptors (Lipinski definition) is 2. The average Bonchev–Trinajstić information content (AvgIpc) is 2.69. The van der Waals surface area contributed by atoms with E-state index in [0.717, 1.165) is 25.7 Å². The maximum atomic E-state index is 11.6. The number of nitrogens with one attached hydrogen (secondary N) is 1. The number of carbonyl (C=O) groups excluding carboxylic acids is 2. The summed E-state index contributed by atoms with van der Waals surface area (Å²) < 4.78 is 0. The first kappa shape index (κ1) is 11.2. The number of carbonyl (C=O) groups is 2. The molecular formula is C11H19NO2. The standard InChI is InChI=1S/C11H19NO2/c1-3-10(13)8(2)12-11(14)9-6-4-5-7-9/h8-9H,3-7H2,1-2H3,(H,12,14). The Hall–Kier alpha value is -0.860. The lowest BCUT2D eigenvalue weighted by atomic mass is 10.1. The fourth-order valence-corrected chi connectivity index (χ4v) is 1.91. The molecule has 80 valence electrons. The van der Waals surface area contributed by atoms with E-state index in [9.17, 15) is 9.59 Å². The second-order valence-electron chi connectivity index (χ2n) is 4.03. The largest absolute Gasteiger partial charge is 0.346 e. The van der Waals surface area contributed by atoms with E-state index in [4.69, 9.17) is 0 Å². The minimum Gasteiger partial charge on any atom is -0.346 e. The molecule has 3 nitrogen and oxygen atoms in total. The normalized spacial score (nSPS) is 19.3. The number of rotatable bonds is 4. The number of ketones is 1. The Labute approximate surface area is 85.3 Å². The van der Waals surface area contributed by atoms with Crippen LogP contribution < -0.4 is 5.32 Å². The van der Waals surface area contributed by atoms with Crippen LogP contribution >= 0.6 is 0 Å². The smallest absolute Gasteiger partial charge is 0.223 e. The molecule has 1 N–H and O–H groups in total. The zero-order chi connectivity index (χ0) is 10.6. The molecule has 1 atom stereocenters. The van der Waals surface area contributed by atoms with Crippen molar-refractivity contribution in [3.63, 3.8) is 0 Å². The molecule has 0 saturated heterocycles. The molecule has 0 aromatic carbocycles. The van der Waals surface area contributed by atoms with Crippen LogP contribution in [0.3, 0.4) is 0 Å². The predicted molar refractivity (Wildman–Crippen MR) is 54.9 cm³/mol. The van der Waals surface area contributed by atoms with Crippen molar-refractivity contribution >= 4 is 11.7 Å². The highest BCUT2D eigenvalue weighted by atomic mass is 16.2. The van der Waals surface area contributed by atoms with E-state index in [1.807, 2.05) is 6.92 Å². The van der Waals surface area contributed by atoms with Crippen LogP contribution in [0.15, 0.2) is 0 Å². The van der Waals surface area contributed by atoms with Gasteiger partial charge < -0.3 is 5.32 Å². The van der Waals surface area contributed by atoms with E-state index in [0.29, 0.717) is 6.42 Å². The van der Waals surface area contributed by atoms with Crippen LogP contribution in [0, 0.1) is 5.92 Å². The summed E-state index contributed by atoms with van der Waals surface area (Å²) in [5.74, 6) is 0.329. The highest BCUT2D eigenvalue weighted by Crippen LogP contribution is 2.24. The average molecular weight is 197 g/mol. The fraction of sp³-hybridized carbons (Fsp3) is 0.818. The summed E-state index contributed by atoms with van der Waals surface area (Å²) in [5.41, 5.74) is 0. The number of hydrogen-bond donors (Lipinski definition) is 1. The maximum Gasteiger partial charge on any atom is 0.223 e. The molecule has 0 heterocycles. The highest BCUT2D eigenvalue weighted by Gasteiger charge is 2.24. The van der Waals surface area contributed by atoms with E-state index in [2.05, 4.69) is 5.32 Å². The molecule has 14 heavy (non-hydrogen) atoms. The minimum atomic E-state index is -0.312. The third-order valence-electron chi connectivity index (χ3n) is 2.92. The van der Waals surface area contributed by atoms with Crippen molar-refractivity contribution in [1.29, 1.82) is 0 Å². The van der Waals surface area contributed by atoms with Gasteiger partial charge in [0.1, 0.15) is 0 Å². The zero-order valence-corrected chi connectivity index (χ0v) is 9.01. The van der Waals surface area contributed by atoms with Gasteiger partial charge in [-0.15, -0.1) is 0 Å². The van der Waals surface area contributed by atoms with Gasteiger partial charge in [0, 0.05) is 12.3 Å². The predicted octanol–water partition coefficient (Wildman–Crippen LogP) is 1.66. The molecular weight excluding hydrogens is 178 g/mol. The summed E-state index contributed by atoms with van der Waals surface area (Å²) in [7, 11) is 0. The molecule has 1 aliphatic carbocycles. The summed E-state index contributed by atoms with van der Waals surface area (Å²) in [6, 6.07) is -0.312. The van der Waals surface area contributed by atoms with Crippen LogP contribution in [-0.4, -0.2) is 17.7 Å². The number of Topliss-reactive ketones (excluding diaryl/α,β-unsaturated/α-hetero) is 1. The van der Waals surface area contributed by atoms with E-state index >= 15 is 0 Å². The van der Waals surface area contributed by atoms with Crippen molar-refractivity contribution in [2.24, 2.45) is 5.92 Å². The van der Waals surface area contributed by atoms with Gasteiger partial charge in [0.05, 0.1) is 6.04 Å². The quantitative estimate of drug-likeness (QED) is 0.745. The Bertz CT molecular complexity index is 219. The van der Waals surface area contributed by atoms with Crippen LogP contribution in [-0.2, 0) is 9.59 Å². The Balaban J connectivity index is 2.35. The van der Waals surface area contributed by atoms with Gasteiger partial charge in [0.15, 0.2) is 5.78 Å². The third-order valence-corrected chi connectivity index (χ3v) is 2.92. The zero-order valence-electron chi connectivity index (χ0n) is 9.01. The van der Waals surface area contributed by atoms with Crippen LogP contribution in [0.1, 0.15) is 46.0 Å². The second kappa shape index (κ2) is 5.13. The van der Waals surface area contributed by atoms with Gasteiger partial charge >= 0.3 is 0 Å². The molecule has 0 aliphatic heterocycles. The van der Waals surface area contributed by atoms with Gasteiger partial charge in [0.2, 0.25) is 5.91 Å². The van der Waals surface area contributed by atoms with Crippen molar-refractivity contribution in [3.05, 3.63) is 0 Å². The molecule has 1 aliphatic rings. The van der Waals surface area contributed by atoms with Crippen molar-refractivity contribution in [3.8, 4) is 0 Å². The minimum absolute atomic E-state index is 0.0665. The third kappa shape index (κ3) is 2.82. The van der Waals surface area contributed by atoms with Crippen LogP contribution in [0.2, 0.25) is 0 Å². The topological polar surface area (TPSA) is 46.2 Å². The lowest BCUT2D eigenvalue weighted by Crippen LogP contribution is -2.40. The Kier molecular flexibility index (Phi) is 4.11. The van der Waals surface area contributed by atoms with Gasteiger partial charge in [0.25, 0.3) is 0 Å². The number of amides is 1. The molecule has 1 saturated carbocycles. The van der Waals surface area contributed by atoms with Gasteiger partial charge in [-0.25, -0.2) is 0 Å². The van der Waals surface area contributed by atoms with Crippen molar-refractivity contribution in [1.82, 2.24) is 5.32 Å². The van der Waals surface area contributed by atoms with E-state index in [1.54, 1.807) is 6.92 Å². The second-order valence-corrected chi connectivity index (χ2v) is 4.03. The van der Waals surface area contributed by atoms with E-state index in [-0.39, 0.29) is 23.7 Å². The first-order valence-electron chi connectivity index (χ1n) is 5.48. The molecule has 3 heteroatoms. The summed E-state index contributed by atoms with van der Waals surface area (Å²) in [5, 5.41) is 2.78. The summed E-state index contributed by atoms with van der Waals surface area (Å²) >= 11 is 0. The Morgan fingerprint density at radius 3 is 2.43 bits per heavy atom. The fourth-order valence-electron chi connectivity index (χ4n) is 1.91. The molecule has 0 aromatic rings. The summed E-state index contributed by atoms with van der Waals surface area (Å²) in [4.78, 5) is 22.9. The lowest BCUT2D eigenvalue weighted by molar-refractivity contribution is -0.129. The summed E-state index contributed by atoms with van der Waals surface area (Å²) in [6.45, 7) is 3.58. The first-order chi connectivity index (χ1) is 6.65. The molecule has 1 fully saturated rings. The molecule has 0 bridgehead atoms. The van der Waals surface area contributed by atoms with E-state index < -0.39 is 0 Å². The SMILES string of the molecule is CCC(=O)C(C)NC(=O)C1CCCC1. The van der Waals surface area contributed by atoms with Gasteiger partial charge in [-0.3, -0.25) is 9.59 Å². The van der Waals surface area contributed by atoms with Crippen LogP contribution in [0.5, 0.6) is 0 Å². The van der Waals surface area contributed by atoms with E-state index in [1.165, 1.54) is 0 Å². The van der Waals surface area contributed by atoms with Crippen molar-refractivity contribution in [2.45, 2.75) is 52.0 Å². The lowest BCUT2D eigenvalue weighted by Gasteiger charge is -2.15. The molecule has 0 aromatic heterocycles. The van der Waals surface area contributed by atoms with Gasteiger partial charge in [-0.1, -0.05) is 19.8 Å². The van der Waals surface area contributed by atoms with Crippen LogP contribution in [0.25, 0.3) is 0 Å². The molecule has 0 radical (unpaired) electrons. The van der Waals surface area contributed by atoms with Crippen LogP contribution in [0.4, 0.5) is 0 Å². The van der Waals surface area contributed by atoms with Crippen molar-refractivity contribution < 1.29 is 9.59 Å². The monoisotopic (exact) mass is 197 g/mol. The van der Waals surface area contributed by atoms with Crippen molar-refractivity contribution in [2.75, 3.05) is 0 Å². The van der Waals surface area contributed by atoms with Gasteiger partial charge in [-0.2, -0.15) is 0 Å².